The zero-order valence-corrected chi connectivity index (χ0v) is 10.3. The molecule has 0 heterocycles. The maximum absolute atomic E-state index is 2.31. The molecule has 0 bridgehead atoms. The molecular weight excluding hydrogens is 160 g/mol. The van der Waals surface area contributed by atoms with Crippen molar-refractivity contribution in [1.29, 1.82) is 0 Å². The van der Waals surface area contributed by atoms with Gasteiger partial charge in [-0.1, -0.05) is 0 Å². The van der Waals surface area contributed by atoms with E-state index in [0.29, 0.717) is 6.04 Å². The highest BCUT2D eigenvalue weighted by molar-refractivity contribution is 4.87. The molecule has 1 atom stereocenters. The van der Waals surface area contributed by atoms with Gasteiger partial charge in [0, 0.05) is 0 Å². The standard InChI is InChI=1S/C11H26N2/c1-11(13(5,6)7)9-8-10-12(2,3)4/h8-9,11H,10H2,1-7H3/q+2. The summed E-state index contributed by atoms with van der Waals surface area (Å²) in [5.74, 6) is 0. The summed E-state index contributed by atoms with van der Waals surface area (Å²) in [4.78, 5) is 0. The van der Waals surface area contributed by atoms with Crippen molar-refractivity contribution in [2.45, 2.75) is 13.0 Å². The number of likely N-dealkylation sites (N-methyl/N-ethyl adjacent to an activating group) is 2. The monoisotopic (exact) mass is 186 g/mol. The van der Waals surface area contributed by atoms with E-state index in [0.717, 1.165) is 15.5 Å². The summed E-state index contributed by atoms with van der Waals surface area (Å²) in [6, 6.07) is 0.589. The second-order valence-electron chi connectivity index (χ2n) is 5.76. The third-order valence-corrected chi connectivity index (χ3v) is 2.29. The third-order valence-electron chi connectivity index (χ3n) is 2.29. The van der Waals surface area contributed by atoms with E-state index in [9.17, 15) is 0 Å². The lowest BCUT2D eigenvalue weighted by atomic mass is 10.2. The predicted molar refractivity (Wildman–Crippen MR) is 59.5 cm³/mol. The lowest BCUT2D eigenvalue weighted by Gasteiger charge is -2.29. The topological polar surface area (TPSA) is 0 Å². The van der Waals surface area contributed by atoms with Crippen molar-refractivity contribution in [2.75, 3.05) is 48.8 Å². The smallest absolute Gasteiger partial charge is 0.104 e. The molecule has 0 aromatic rings. The van der Waals surface area contributed by atoms with Gasteiger partial charge in [-0.15, -0.1) is 0 Å². The molecule has 0 radical (unpaired) electrons. The Morgan fingerprint density at radius 2 is 1.46 bits per heavy atom. The number of rotatable bonds is 4. The highest BCUT2D eigenvalue weighted by atomic mass is 15.3. The van der Waals surface area contributed by atoms with Crippen molar-refractivity contribution in [3.8, 4) is 0 Å². The molecule has 0 saturated carbocycles. The first-order chi connectivity index (χ1) is 5.63. The third kappa shape index (κ3) is 6.79. The Bertz CT molecular complexity index is 170. The van der Waals surface area contributed by atoms with Crippen molar-refractivity contribution in [3.05, 3.63) is 12.2 Å². The van der Waals surface area contributed by atoms with Gasteiger partial charge in [-0.3, -0.25) is 0 Å². The molecule has 0 aromatic carbocycles. The van der Waals surface area contributed by atoms with Gasteiger partial charge in [0.25, 0.3) is 0 Å². The Morgan fingerprint density at radius 1 is 1.00 bits per heavy atom. The zero-order chi connectivity index (χ0) is 10.7. The number of hydrogen-bond acceptors (Lipinski definition) is 0. The Morgan fingerprint density at radius 3 is 1.77 bits per heavy atom. The fourth-order valence-electron chi connectivity index (χ4n) is 0.832. The lowest BCUT2D eigenvalue weighted by Crippen LogP contribution is -2.42. The Hall–Kier alpha value is -0.340. The molecule has 1 unspecified atom stereocenters. The van der Waals surface area contributed by atoms with Gasteiger partial charge in [-0.05, 0) is 19.1 Å². The first kappa shape index (κ1) is 12.7. The van der Waals surface area contributed by atoms with E-state index in [1.54, 1.807) is 0 Å². The summed E-state index contributed by atoms with van der Waals surface area (Å²) in [5.41, 5.74) is 0. The van der Waals surface area contributed by atoms with Gasteiger partial charge in [0.15, 0.2) is 0 Å². The molecule has 0 aliphatic heterocycles. The van der Waals surface area contributed by atoms with Gasteiger partial charge in [-0.2, -0.15) is 0 Å². The van der Waals surface area contributed by atoms with E-state index >= 15 is 0 Å². The number of hydrogen-bond donors (Lipinski definition) is 0. The molecule has 0 amide bonds. The molecule has 0 spiro atoms. The predicted octanol–water partition coefficient (Wildman–Crippen LogP) is 1.34. The van der Waals surface area contributed by atoms with Crippen LogP contribution in [-0.2, 0) is 0 Å². The fraction of sp³-hybridized carbons (Fsp3) is 0.818. The van der Waals surface area contributed by atoms with Crippen molar-refractivity contribution >= 4 is 0 Å². The SMILES string of the molecule is CC(C=CC[N+](C)(C)C)[N+](C)(C)C. The molecule has 0 aliphatic carbocycles. The van der Waals surface area contributed by atoms with Crippen molar-refractivity contribution in [3.63, 3.8) is 0 Å². The molecule has 0 fully saturated rings. The number of quaternary nitrogens is 2. The molecule has 0 saturated heterocycles. The summed E-state index contributed by atoms with van der Waals surface area (Å²) in [6.45, 7) is 3.36. The highest BCUT2D eigenvalue weighted by Gasteiger charge is 2.14. The van der Waals surface area contributed by atoms with Crippen LogP contribution in [0.5, 0.6) is 0 Å². The maximum Gasteiger partial charge on any atom is 0.104 e. The largest absolute Gasteiger partial charge is 0.328 e. The van der Waals surface area contributed by atoms with Crippen LogP contribution in [0.2, 0.25) is 0 Å². The van der Waals surface area contributed by atoms with Crippen LogP contribution in [0.1, 0.15) is 6.92 Å². The van der Waals surface area contributed by atoms with Crippen LogP contribution in [-0.4, -0.2) is 63.8 Å². The minimum absolute atomic E-state index is 0.589. The number of nitrogens with zero attached hydrogens (tertiary/aromatic N) is 2. The van der Waals surface area contributed by atoms with E-state index in [1.807, 2.05) is 0 Å². The van der Waals surface area contributed by atoms with Gasteiger partial charge < -0.3 is 8.97 Å². The molecule has 78 valence electrons. The second kappa shape index (κ2) is 4.25. The molecule has 0 N–H and O–H groups in total. The molecule has 13 heavy (non-hydrogen) atoms. The molecular formula is C11H26N2+2. The van der Waals surface area contributed by atoms with Crippen LogP contribution in [0.3, 0.4) is 0 Å². The fourth-order valence-corrected chi connectivity index (χ4v) is 0.832. The van der Waals surface area contributed by atoms with Crippen molar-refractivity contribution in [2.24, 2.45) is 0 Å². The van der Waals surface area contributed by atoms with Crippen LogP contribution >= 0.6 is 0 Å². The quantitative estimate of drug-likeness (QED) is 0.459. The van der Waals surface area contributed by atoms with Crippen molar-refractivity contribution < 1.29 is 8.97 Å². The van der Waals surface area contributed by atoms with E-state index in [1.165, 1.54) is 0 Å². The molecule has 2 heteroatoms. The first-order valence-corrected chi connectivity index (χ1v) is 4.91. The molecule has 2 nitrogen and oxygen atoms in total. The van der Waals surface area contributed by atoms with Gasteiger partial charge in [0.1, 0.15) is 6.04 Å². The van der Waals surface area contributed by atoms with E-state index < -0.39 is 0 Å². The molecule has 0 aromatic heterocycles. The van der Waals surface area contributed by atoms with Gasteiger partial charge in [0.05, 0.1) is 48.8 Å². The zero-order valence-electron chi connectivity index (χ0n) is 10.3. The highest BCUT2D eigenvalue weighted by Crippen LogP contribution is 2.03. The molecule has 0 rings (SSSR count). The van der Waals surface area contributed by atoms with Crippen LogP contribution in [0.25, 0.3) is 0 Å². The minimum atomic E-state index is 0.589. The van der Waals surface area contributed by atoms with Gasteiger partial charge in [-0.25, -0.2) is 0 Å². The van der Waals surface area contributed by atoms with Crippen LogP contribution in [0.4, 0.5) is 0 Å². The molecule has 0 aliphatic rings. The average molecular weight is 186 g/mol. The first-order valence-electron chi connectivity index (χ1n) is 4.91. The van der Waals surface area contributed by atoms with Crippen LogP contribution in [0, 0.1) is 0 Å². The summed E-state index contributed by atoms with van der Waals surface area (Å²) in [5, 5.41) is 0. The normalized spacial score (nSPS) is 16.5. The lowest BCUT2D eigenvalue weighted by molar-refractivity contribution is -0.887. The maximum atomic E-state index is 2.31. The van der Waals surface area contributed by atoms with Crippen LogP contribution in [0.15, 0.2) is 12.2 Å². The van der Waals surface area contributed by atoms with Gasteiger partial charge >= 0.3 is 0 Å². The second-order valence-corrected chi connectivity index (χ2v) is 5.76. The summed E-state index contributed by atoms with van der Waals surface area (Å²) >= 11 is 0. The Labute approximate surface area is 83.6 Å². The average Bonchev–Trinajstić information content (AvgIpc) is 1.82. The summed E-state index contributed by atoms with van der Waals surface area (Å²) in [7, 11) is 13.3. The van der Waals surface area contributed by atoms with Crippen LogP contribution < -0.4 is 0 Å². The van der Waals surface area contributed by atoms with E-state index in [2.05, 4.69) is 61.4 Å². The van der Waals surface area contributed by atoms with E-state index in [-0.39, 0.29) is 0 Å². The summed E-state index contributed by atoms with van der Waals surface area (Å²) in [6.07, 6.45) is 4.59. The summed E-state index contributed by atoms with van der Waals surface area (Å²) < 4.78 is 1.99. The van der Waals surface area contributed by atoms with Crippen molar-refractivity contribution in [1.82, 2.24) is 0 Å². The Kier molecular flexibility index (Phi) is 4.14. The Balaban J connectivity index is 4.00. The van der Waals surface area contributed by atoms with E-state index in [4.69, 9.17) is 0 Å². The minimum Gasteiger partial charge on any atom is -0.328 e. The van der Waals surface area contributed by atoms with Gasteiger partial charge in [0.2, 0.25) is 0 Å².